The standard InChI is InChI=1S/C19H23BrN2O2/c20-15-3-1-2-14(12-15)19(8-9-19)18(24)22-10-6-13(7-11-22)17(23)21-16-4-5-16/h1-3,12-13,16H,4-11H2,(H,21,23). The fourth-order valence-electron chi connectivity index (χ4n) is 3.73. The highest BCUT2D eigenvalue weighted by molar-refractivity contribution is 9.10. The molecule has 24 heavy (non-hydrogen) atoms. The Morgan fingerprint density at radius 3 is 2.42 bits per heavy atom. The summed E-state index contributed by atoms with van der Waals surface area (Å²) in [5, 5.41) is 3.09. The molecule has 5 heteroatoms. The summed E-state index contributed by atoms with van der Waals surface area (Å²) in [6, 6.07) is 8.55. The Labute approximate surface area is 151 Å². The number of nitrogens with one attached hydrogen (secondary N) is 1. The minimum absolute atomic E-state index is 0.0793. The van der Waals surface area contributed by atoms with Crippen molar-refractivity contribution in [3.05, 3.63) is 34.3 Å². The highest BCUT2D eigenvalue weighted by Crippen LogP contribution is 2.50. The summed E-state index contributed by atoms with van der Waals surface area (Å²) in [5.41, 5.74) is 0.808. The van der Waals surface area contributed by atoms with Crippen LogP contribution in [0.15, 0.2) is 28.7 Å². The zero-order valence-corrected chi connectivity index (χ0v) is 15.3. The monoisotopic (exact) mass is 390 g/mol. The Bertz CT molecular complexity index is 659. The molecule has 1 aromatic rings. The normalized spacial score (nSPS) is 23.0. The van der Waals surface area contributed by atoms with Crippen LogP contribution >= 0.6 is 15.9 Å². The highest BCUT2D eigenvalue weighted by Gasteiger charge is 2.53. The molecule has 128 valence electrons. The molecule has 0 spiro atoms. The number of halogens is 1. The van der Waals surface area contributed by atoms with Gasteiger partial charge in [-0.3, -0.25) is 9.59 Å². The van der Waals surface area contributed by atoms with Crippen LogP contribution in [-0.4, -0.2) is 35.8 Å². The van der Waals surface area contributed by atoms with Gasteiger partial charge in [0.15, 0.2) is 0 Å². The van der Waals surface area contributed by atoms with Crippen molar-refractivity contribution in [1.82, 2.24) is 10.2 Å². The van der Waals surface area contributed by atoms with E-state index in [2.05, 4.69) is 33.4 Å². The van der Waals surface area contributed by atoms with Crippen molar-refractivity contribution in [3.63, 3.8) is 0 Å². The van der Waals surface area contributed by atoms with Gasteiger partial charge in [-0.2, -0.15) is 0 Å². The van der Waals surface area contributed by atoms with E-state index in [9.17, 15) is 9.59 Å². The number of amides is 2. The van der Waals surface area contributed by atoms with Gasteiger partial charge in [0.25, 0.3) is 0 Å². The molecule has 0 atom stereocenters. The number of benzene rings is 1. The van der Waals surface area contributed by atoms with Crippen molar-refractivity contribution < 1.29 is 9.59 Å². The zero-order chi connectivity index (χ0) is 16.7. The molecule has 0 radical (unpaired) electrons. The zero-order valence-electron chi connectivity index (χ0n) is 13.8. The summed E-state index contributed by atoms with van der Waals surface area (Å²) >= 11 is 3.51. The molecule has 1 aliphatic heterocycles. The van der Waals surface area contributed by atoms with Crippen LogP contribution in [0.3, 0.4) is 0 Å². The summed E-state index contributed by atoms with van der Waals surface area (Å²) in [6.45, 7) is 1.41. The third-order valence-corrected chi connectivity index (χ3v) is 6.11. The molecule has 1 N–H and O–H groups in total. The van der Waals surface area contributed by atoms with Crippen molar-refractivity contribution in [2.24, 2.45) is 5.92 Å². The average molecular weight is 391 g/mol. The van der Waals surface area contributed by atoms with E-state index in [1.807, 2.05) is 17.0 Å². The lowest BCUT2D eigenvalue weighted by atomic mass is 9.91. The minimum Gasteiger partial charge on any atom is -0.353 e. The minimum atomic E-state index is -0.313. The van der Waals surface area contributed by atoms with Crippen molar-refractivity contribution in [2.75, 3.05) is 13.1 Å². The third-order valence-electron chi connectivity index (χ3n) is 5.61. The van der Waals surface area contributed by atoms with Crippen LogP contribution < -0.4 is 5.32 Å². The van der Waals surface area contributed by atoms with Crippen molar-refractivity contribution in [1.29, 1.82) is 0 Å². The summed E-state index contributed by atoms with van der Waals surface area (Å²) in [5.74, 6) is 0.523. The van der Waals surface area contributed by atoms with E-state index in [0.29, 0.717) is 19.1 Å². The fourth-order valence-corrected chi connectivity index (χ4v) is 4.13. The topological polar surface area (TPSA) is 49.4 Å². The smallest absolute Gasteiger partial charge is 0.233 e. The van der Waals surface area contributed by atoms with Gasteiger partial charge in [-0.05, 0) is 56.2 Å². The SMILES string of the molecule is O=C(NC1CC1)C1CCN(C(=O)C2(c3cccc(Br)c3)CC2)CC1. The maximum Gasteiger partial charge on any atom is 0.233 e. The molecule has 2 aliphatic carbocycles. The molecule has 3 fully saturated rings. The van der Waals surface area contributed by atoms with Crippen molar-refractivity contribution in [2.45, 2.75) is 50.0 Å². The molecule has 0 bridgehead atoms. The van der Waals surface area contributed by atoms with Gasteiger partial charge < -0.3 is 10.2 Å². The van der Waals surface area contributed by atoms with Gasteiger partial charge in [0.2, 0.25) is 11.8 Å². The molecule has 4 rings (SSSR count). The van der Waals surface area contributed by atoms with Crippen molar-refractivity contribution in [3.8, 4) is 0 Å². The van der Waals surface area contributed by atoms with Gasteiger partial charge in [0.05, 0.1) is 5.41 Å². The maximum atomic E-state index is 13.1. The van der Waals surface area contributed by atoms with Crippen LogP contribution in [0, 0.1) is 5.92 Å². The van der Waals surface area contributed by atoms with Gasteiger partial charge >= 0.3 is 0 Å². The van der Waals surface area contributed by atoms with Gasteiger partial charge in [-0.1, -0.05) is 28.1 Å². The van der Waals surface area contributed by atoms with Crippen LogP contribution in [0.25, 0.3) is 0 Å². The van der Waals surface area contributed by atoms with Gasteiger partial charge in [0, 0.05) is 29.5 Å². The first-order chi connectivity index (χ1) is 11.6. The second-order valence-corrected chi connectivity index (χ2v) is 8.36. The first-order valence-corrected chi connectivity index (χ1v) is 9.74. The summed E-state index contributed by atoms with van der Waals surface area (Å²) < 4.78 is 1.02. The number of carbonyl (C=O) groups excluding carboxylic acids is 2. The van der Waals surface area contributed by atoms with E-state index in [-0.39, 0.29) is 23.1 Å². The predicted octanol–water partition coefficient (Wildman–Crippen LogP) is 3.00. The molecule has 4 nitrogen and oxygen atoms in total. The molecule has 2 saturated carbocycles. The molecule has 2 amide bonds. The summed E-state index contributed by atoms with van der Waals surface area (Å²) in [4.78, 5) is 27.2. The average Bonchev–Trinajstić information content (AvgIpc) is 3.49. The van der Waals surface area contributed by atoms with Gasteiger partial charge in [-0.25, -0.2) is 0 Å². The lowest BCUT2D eigenvalue weighted by Crippen LogP contribution is -2.46. The molecular weight excluding hydrogens is 368 g/mol. The molecule has 1 heterocycles. The van der Waals surface area contributed by atoms with E-state index < -0.39 is 0 Å². The molecular formula is C19H23BrN2O2. The quantitative estimate of drug-likeness (QED) is 0.858. The second-order valence-electron chi connectivity index (χ2n) is 7.44. The number of carbonyl (C=O) groups is 2. The number of piperidine rings is 1. The van der Waals surface area contributed by atoms with Crippen LogP contribution in [-0.2, 0) is 15.0 Å². The lowest BCUT2D eigenvalue weighted by molar-refractivity contribution is -0.137. The van der Waals surface area contributed by atoms with E-state index >= 15 is 0 Å². The second kappa shape index (κ2) is 6.17. The van der Waals surface area contributed by atoms with E-state index in [1.165, 1.54) is 0 Å². The van der Waals surface area contributed by atoms with Gasteiger partial charge in [0.1, 0.15) is 0 Å². The van der Waals surface area contributed by atoms with Crippen LogP contribution in [0.1, 0.15) is 44.1 Å². The largest absolute Gasteiger partial charge is 0.353 e. The molecule has 1 aromatic carbocycles. The Hall–Kier alpha value is -1.36. The van der Waals surface area contributed by atoms with Crippen LogP contribution in [0.5, 0.6) is 0 Å². The lowest BCUT2D eigenvalue weighted by Gasteiger charge is -2.34. The predicted molar refractivity (Wildman–Crippen MR) is 95.5 cm³/mol. The molecule has 0 aromatic heterocycles. The molecule has 3 aliphatic rings. The summed E-state index contributed by atoms with van der Waals surface area (Å²) in [7, 11) is 0. The number of nitrogens with zero attached hydrogens (tertiary/aromatic N) is 1. The number of hydrogen-bond donors (Lipinski definition) is 1. The fraction of sp³-hybridized carbons (Fsp3) is 0.579. The summed E-state index contributed by atoms with van der Waals surface area (Å²) in [6.07, 6.45) is 5.70. The Morgan fingerprint density at radius 1 is 1.12 bits per heavy atom. The van der Waals surface area contributed by atoms with Crippen LogP contribution in [0.4, 0.5) is 0 Å². The molecule has 0 unspecified atom stereocenters. The van der Waals surface area contributed by atoms with E-state index in [4.69, 9.17) is 0 Å². The number of rotatable bonds is 4. The highest BCUT2D eigenvalue weighted by atomic mass is 79.9. The number of likely N-dealkylation sites (tertiary alicyclic amines) is 1. The first kappa shape index (κ1) is 16.1. The maximum absolute atomic E-state index is 13.1. The third kappa shape index (κ3) is 3.10. The van der Waals surface area contributed by atoms with Crippen molar-refractivity contribution >= 4 is 27.7 Å². The van der Waals surface area contributed by atoms with Gasteiger partial charge in [-0.15, -0.1) is 0 Å². The number of hydrogen-bond acceptors (Lipinski definition) is 2. The first-order valence-electron chi connectivity index (χ1n) is 8.94. The van der Waals surface area contributed by atoms with Crippen LogP contribution in [0.2, 0.25) is 0 Å². The molecule has 1 saturated heterocycles. The van der Waals surface area contributed by atoms with E-state index in [0.717, 1.165) is 48.6 Å². The Morgan fingerprint density at radius 2 is 1.83 bits per heavy atom. The van der Waals surface area contributed by atoms with E-state index in [1.54, 1.807) is 0 Å². The Kier molecular flexibility index (Phi) is 4.15. The Balaban J connectivity index is 1.38.